The smallest absolute Gasteiger partial charge is 0.251 e. The number of nitrogens with one attached hydrogen (secondary N) is 1. The topological polar surface area (TPSA) is 88.6 Å². The number of amides is 1. The van der Waals surface area contributed by atoms with Gasteiger partial charge in [-0.05, 0) is 42.8 Å². The number of sulfonamides is 1. The molecule has 0 spiro atoms. The molecule has 7 nitrogen and oxygen atoms in total. The number of nitrogens with zero attached hydrogens (tertiary/aromatic N) is 2. The van der Waals surface area contributed by atoms with Gasteiger partial charge in [0.2, 0.25) is 10.0 Å². The van der Waals surface area contributed by atoms with Crippen molar-refractivity contribution in [3.8, 4) is 5.75 Å². The molecule has 0 radical (unpaired) electrons. The summed E-state index contributed by atoms with van der Waals surface area (Å²) in [5.74, 6) is -0.146. The highest BCUT2D eigenvalue weighted by molar-refractivity contribution is 7.89. The van der Waals surface area contributed by atoms with Crippen molar-refractivity contribution >= 4 is 37.5 Å². The van der Waals surface area contributed by atoms with E-state index in [2.05, 4.69) is 10.3 Å². The zero-order valence-electron chi connectivity index (χ0n) is 17.4. The van der Waals surface area contributed by atoms with Gasteiger partial charge in [0.25, 0.3) is 5.91 Å². The third kappa shape index (κ3) is 4.33. The Kier molecular flexibility index (Phi) is 6.74. The molecule has 1 atom stereocenters. The average molecular weight is 448 g/mol. The first kappa shape index (κ1) is 22.2. The number of benzene rings is 2. The third-order valence-corrected chi connectivity index (χ3v) is 7.81. The minimum absolute atomic E-state index is 0.0138. The molecule has 0 saturated carbocycles. The van der Waals surface area contributed by atoms with E-state index >= 15 is 0 Å². The van der Waals surface area contributed by atoms with E-state index in [-0.39, 0.29) is 28.2 Å². The third-order valence-electron chi connectivity index (χ3n) is 4.95. The Morgan fingerprint density at radius 3 is 2.60 bits per heavy atom. The van der Waals surface area contributed by atoms with Gasteiger partial charge in [0.1, 0.15) is 10.6 Å². The van der Waals surface area contributed by atoms with Crippen molar-refractivity contribution in [2.75, 3.05) is 20.2 Å². The van der Waals surface area contributed by atoms with Gasteiger partial charge in [-0.25, -0.2) is 13.4 Å². The molecule has 0 saturated heterocycles. The van der Waals surface area contributed by atoms with Crippen LogP contribution in [0.15, 0.2) is 46.8 Å². The second kappa shape index (κ2) is 9.11. The average Bonchev–Trinajstić information content (AvgIpc) is 3.21. The van der Waals surface area contributed by atoms with Crippen LogP contribution in [0.2, 0.25) is 0 Å². The van der Waals surface area contributed by atoms with E-state index in [4.69, 9.17) is 4.74 Å². The van der Waals surface area contributed by atoms with Crippen LogP contribution < -0.4 is 10.1 Å². The molecular weight excluding hydrogens is 422 g/mol. The molecule has 0 unspecified atom stereocenters. The molecule has 1 N–H and O–H groups in total. The fourth-order valence-electron chi connectivity index (χ4n) is 3.23. The summed E-state index contributed by atoms with van der Waals surface area (Å²) in [5.41, 5.74) is 3.91. The lowest BCUT2D eigenvalue weighted by Gasteiger charge is -2.21. The molecule has 9 heteroatoms. The Morgan fingerprint density at radius 2 is 1.93 bits per heavy atom. The number of thiazole rings is 1. The minimum atomic E-state index is -3.78. The van der Waals surface area contributed by atoms with E-state index in [1.165, 1.54) is 23.5 Å². The van der Waals surface area contributed by atoms with Gasteiger partial charge in [-0.1, -0.05) is 19.9 Å². The van der Waals surface area contributed by atoms with Crippen molar-refractivity contribution in [1.29, 1.82) is 0 Å². The van der Waals surface area contributed by atoms with E-state index < -0.39 is 10.0 Å². The maximum absolute atomic E-state index is 13.0. The molecule has 1 amide bonds. The zero-order valence-corrected chi connectivity index (χ0v) is 19.0. The van der Waals surface area contributed by atoms with Crippen molar-refractivity contribution in [1.82, 2.24) is 14.6 Å². The van der Waals surface area contributed by atoms with Crippen molar-refractivity contribution < 1.29 is 17.9 Å². The fraction of sp³-hybridized carbons (Fsp3) is 0.333. The lowest BCUT2D eigenvalue weighted by molar-refractivity contribution is 0.0939. The molecule has 0 aliphatic rings. The second-order valence-corrected chi connectivity index (χ2v) is 9.52. The standard InChI is InChI=1S/C21H25N3O4S2/c1-5-24(6-2)30(26,27)20-12-16(8-10-18(20)28-4)21(25)23-14(3)15-7-9-17-19(11-15)29-13-22-17/h7-14H,5-6H2,1-4H3,(H,23,25)/t14-/m0/s1. The summed E-state index contributed by atoms with van der Waals surface area (Å²) in [4.78, 5) is 17.1. The van der Waals surface area contributed by atoms with Crippen LogP contribution in [0.5, 0.6) is 5.75 Å². The van der Waals surface area contributed by atoms with Gasteiger partial charge in [-0.3, -0.25) is 4.79 Å². The Balaban J connectivity index is 1.88. The van der Waals surface area contributed by atoms with Crippen molar-refractivity contribution in [3.63, 3.8) is 0 Å². The molecule has 0 bridgehead atoms. The number of methoxy groups -OCH3 is 1. The maximum atomic E-state index is 13.0. The lowest BCUT2D eigenvalue weighted by Crippen LogP contribution is -2.31. The molecule has 1 aromatic heterocycles. The molecule has 1 heterocycles. The van der Waals surface area contributed by atoms with Gasteiger partial charge in [-0.2, -0.15) is 4.31 Å². The van der Waals surface area contributed by atoms with Crippen LogP contribution in [-0.4, -0.2) is 43.8 Å². The molecule has 3 aromatic rings. The number of carbonyl (C=O) groups excluding carboxylic acids is 1. The predicted molar refractivity (Wildman–Crippen MR) is 119 cm³/mol. The molecule has 0 aliphatic carbocycles. The number of hydrogen-bond donors (Lipinski definition) is 1. The van der Waals surface area contributed by atoms with Gasteiger partial charge in [0.05, 0.1) is 28.9 Å². The first-order chi connectivity index (χ1) is 14.3. The highest BCUT2D eigenvalue weighted by Gasteiger charge is 2.27. The Bertz CT molecular complexity index is 1150. The number of aromatic nitrogens is 1. The first-order valence-electron chi connectivity index (χ1n) is 9.64. The molecule has 2 aromatic carbocycles. The normalized spacial score (nSPS) is 12.8. The fourth-order valence-corrected chi connectivity index (χ4v) is 5.59. The number of rotatable bonds is 8. The molecule has 0 fully saturated rings. The summed E-state index contributed by atoms with van der Waals surface area (Å²) in [6.07, 6.45) is 0. The minimum Gasteiger partial charge on any atom is -0.495 e. The van der Waals surface area contributed by atoms with Crippen LogP contribution in [0, 0.1) is 0 Å². The molecular formula is C21H25N3O4S2. The summed E-state index contributed by atoms with van der Waals surface area (Å²) in [6.45, 7) is 6.08. The highest BCUT2D eigenvalue weighted by Crippen LogP contribution is 2.28. The van der Waals surface area contributed by atoms with Crippen molar-refractivity contribution in [2.45, 2.75) is 31.7 Å². The molecule has 160 valence electrons. The summed E-state index contributed by atoms with van der Waals surface area (Å²) in [6, 6.07) is 10.1. The van der Waals surface area contributed by atoms with Crippen LogP contribution in [0.3, 0.4) is 0 Å². The van der Waals surface area contributed by atoms with Crippen molar-refractivity contribution in [3.05, 3.63) is 53.0 Å². The zero-order chi connectivity index (χ0) is 21.9. The van der Waals surface area contributed by atoms with E-state index in [1.54, 1.807) is 36.8 Å². The van der Waals surface area contributed by atoms with E-state index in [0.29, 0.717) is 13.1 Å². The van der Waals surface area contributed by atoms with Gasteiger partial charge < -0.3 is 10.1 Å². The maximum Gasteiger partial charge on any atom is 0.251 e. The van der Waals surface area contributed by atoms with Gasteiger partial charge in [-0.15, -0.1) is 11.3 Å². The van der Waals surface area contributed by atoms with E-state index in [0.717, 1.165) is 15.8 Å². The van der Waals surface area contributed by atoms with Crippen LogP contribution in [-0.2, 0) is 10.0 Å². The van der Waals surface area contributed by atoms with E-state index in [1.807, 2.05) is 25.1 Å². The summed E-state index contributed by atoms with van der Waals surface area (Å²) < 4.78 is 33.6. The molecule has 0 aliphatic heterocycles. The van der Waals surface area contributed by atoms with Crippen molar-refractivity contribution in [2.24, 2.45) is 0 Å². The Morgan fingerprint density at radius 1 is 1.20 bits per heavy atom. The van der Waals surface area contributed by atoms with E-state index in [9.17, 15) is 13.2 Å². The number of ether oxygens (including phenoxy) is 1. The van der Waals surface area contributed by atoms with Crippen LogP contribution in [0.25, 0.3) is 10.2 Å². The molecule has 3 rings (SSSR count). The Hall–Kier alpha value is -2.49. The summed E-state index contributed by atoms with van der Waals surface area (Å²) >= 11 is 1.54. The monoisotopic (exact) mass is 447 g/mol. The van der Waals surface area contributed by atoms with Gasteiger partial charge in [0, 0.05) is 18.7 Å². The Labute approximate surface area is 180 Å². The summed E-state index contributed by atoms with van der Waals surface area (Å²) in [7, 11) is -2.37. The summed E-state index contributed by atoms with van der Waals surface area (Å²) in [5, 5.41) is 2.94. The van der Waals surface area contributed by atoms with Gasteiger partial charge in [0.15, 0.2) is 0 Å². The highest BCUT2D eigenvalue weighted by atomic mass is 32.2. The van der Waals surface area contributed by atoms with Crippen LogP contribution in [0.1, 0.15) is 42.7 Å². The van der Waals surface area contributed by atoms with Crippen LogP contribution in [0.4, 0.5) is 0 Å². The number of hydrogen-bond acceptors (Lipinski definition) is 6. The lowest BCUT2D eigenvalue weighted by atomic mass is 10.1. The van der Waals surface area contributed by atoms with Gasteiger partial charge >= 0.3 is 0 Å². The first-order valence-corrected chi connectivity index (χ1v) is 12.0. The largest absolute Gasteiger partial charge is 0.495 e. The predicted octanol–water partition coefficient (Wildman–Crippen LogP) is 3.83. The van der Waals surface area contributed by atoms with Crippen LogP contribution >= 0.6 is 11.3 Å². The SMILES string of the molecule is CCN(CC)S(=O)(=O)c1cc(C(=O)N[C@@H](C)c2ccc3ncsc3c2)ccc1OC. The second-order valence-electron chi connectivity index (χ2n) is 6.73. The quantitative estimate of drug-likeness (QED) is 0.567. The number of carbonyl (C=O) groups is 1. The number of fused-ring (bicyclic) bond motifs is 1. The molecule has 30 heavy (non-hydrogen) atoms.